The monoisotopic (exact) mass is 279 g/mol. The summed E-state index contributed by atoms with van der Waals surface area (Å²) in [7, 11) is 3.90. The van der Waals surface area contributed by atoms with Gasteiger partial charge in [0.1, 0.15) is 0 Å². The summed E-state index contributed by atoms with van der Waals surface area (Å²) in [5.74, 6) is -0.0426. The fourth-order valence-electron chi connectivity index (χ4n) is 1.65. The molecule has 0 bridgehead atoms. The Hall–Kier alpha value is -1.62. The van der Waals surface area contributed by atoms with Crippen LogP contribution in [0.4, 0.5) is 5.69 Å². The second kappa shape index (κ2) is 7.74. The van der Waals surface area contributed by atoms with Gasteiger partial charge in [-0.25, -0.2) is 0 Å². The number of nitrogens with one attached hydrogen (secondary N) is 1. The first kappa shape index (κ1) is 15.4. The second-order valence-electron chi connectivity index (χ2n) is 4.62. The topological polar surface area (TPSA) is 58.4 Å². The molecule has 0 aromatic heterocycles. The molecule has 19 heavy (non-hydrogen) atoms. The van der Waals surface area contributed by atoms with E-state index < -0.39 is 0 Å². The zero-order chi connectivity index (χ0) is 14.3. The van der Waals surface area contributed by atoms with E-state index in [-0.39, 0.29) is 5.91 Å². The summed E-state index contributed by atoms with van der Waals surface area (Å²) in [6.07, 6.45) is 2.53. The van der Waals surface area contributed by atoms with E-state index in [9.17, 15) is 4.79 Å². The second-order valence-corrected chi connectivity index (χ2v) is 5.15. The van der Waals surface area contributed by atoms with Crippen molar-refractivity contribution in [2.75, 3.05) is 25.5 Å². The molecule has 0 aliphatic carbocycles. The van der Waals surface area contributed by atoms with E-state index in [4.69, 9.17) is 18.0 Å². The zero-order valence-corrected chi connectivity index (χ0v) is 12.3. The summed E-state index contributed by atoms with van der Waals surface area (Å²) in [5, 5.41) is 2.90. The molecule has 0 saturated heterocycles. The summed E-state index contributed by atoms with van der Waals surface area (Å²) < 4.78 is 0. The maximum Gasteiger partial charge on any atom is 0.251 e. The fourth-order valence-corrected chi connectivity index (χ4v) is 1.80. The third-order valence-electron chi connectivity index (χ3n) is 2.76. The number of benzene rings is 1. The average molecular weight is 279 g/mol. The number of anilines is 1. The van der Waals surface area contributed by atoms with Crippen molar-refractivity contribution < 1.29 is 4.79 Å². The highest BCUT2D eigenvalue weighted by Gasteiger charge is 2.06. The largest absolute Gasteiger partial charge is 0.393 e. The number of hydrogen-bond acceptors (Lipinski definition) is 3. The number of thiocarbonyl (C=S) groups is 1. The van der Waals surface area contributed by atoms with Gasteiger partial charge in [0, 0.05) is 31.9 Å². The van der Waals surface area contributed by atoms with Crippen LogP contribution in [0.5, 0.6) is 0 Å². The normalized spacial score (nSPS) is 10.0. The molecule has 1 aromatic carbocycles. The maximum atomic E-state index is 11.9. The number of nitrogens with zero attached hydrogens (tertiary/aromatic N) is 1. The molecular formula is C14H21N3OS. The van der Waals surface area contributed by atoms with Gasteiger partial charge in [-0.05, 0) is 37.5 Å². The highest BCUT2D eigenvalue weighted by atomic mass is 32.1. The van der Waals surface area contributed by atoms with Crippen molar-refractivity contribution in [3.05, 3.63) is 29.8 Å². The van der Waals surface area contributed by atoms with Crippen molar-refractivity contribution in [3.8, 4) is 0 Å². The Morgan fingerprint density at radius 3 is 2.74 bits per heavy atom. The third kappa shape index (κ3) is 5.70. The minimum atomic E-state index is -0.0426. The van der Waals surface area contributed by atoms with Crippen molar-refractivity contribution >= 4 is 28.8 Å². The van der Waals surface area contributed by atoms with Gasteiger partial charge >= 0.3 is 0 Å². The van der Waals surface area contributed by atoms with Gasteiger partial charge < -0.3 is 16.0 Å². The predicted molar refractivity (Wildman–Crippen MR) is 83.7 cm³/mol. The molecule has 0 spiro atoms. The summed E-state index contributed by atoms with van der Waals surface area (Å²) in [5.41, 5.74) is 7.11. The molecule has 0 aliphatic rings. The number of amides is 1. The fraction of sp³-hybridized carbons (Fsp3) is 0.429. The van der Waals surface area contributed by atoms with Crippen LogP contribution in [0.15, 0.2) is 24.3 Å². The van der Waals surface area contributed by atoms with E-state index in [1.54, 1.807) is 0 Å². The van der Waals surface area contributed by atoms with Crippen LogP contribution < -0.4 is 16.0 Å². The van der Waals surface area contributed by atoms with Gasteiger partial charge in [0.05, 0.1) is 4.99 Å². The lowest BCUT2D eigenvalue weighted by molar-refractivity contribution is 0.0953. The lowest BCUT2D eigenvalue weighted by Gasteiger charge is -2.13. The van der Waals surface area contributed by atoms with Crippen LogP contribution in [-0.2, 0) is 0 Å². The predicted octanol–water partition coefficient (Wildman–Crippen LogP) is 1.94. The first-order valence-electron chi connectivity index (χ1n) is 6.34. The smallest absolute Gasteiger partial charge is 0.251 e. The lowest BCUT2D eigenvalue weighted by Crippen LogP contribution is -2.25. The molecule has 1 amide bonds. The SMILES string of the molecule is CN(C)c1cccc(C(=O)NCCCCC(N)=S)c1. The molecule has 0 heterocycles. The van der Waals surface area contributed by atoms with Crippen LogP contribution >= 0.6 is 12.2 Å². The number of rotatable bonds is 7. The summed E-state index contributed by atoms with van der Waals surface area (Å²) in [4.78, 5) is 14.4. The van der Waals surface area contributed by atoms with Gasteiger partial charge in [-0.3, -0.25) is 4.79 Å². The van der Waals surface area contributed by atoms with Gasteiger partial charge in [-0.2, -0.15) is 0 Å². The average Bonchev–Trinajstić information content (AvgIpc) is 2.37. The summed E-state index contributed by atoms with van der Waals surface area (Å²) >= 11 is 4.80. The van der Waals surface area contributed by atoms with Crippen molar-refractivity contribution in [1.29, 1.82) is 0 Å². The molecule has 5 heteroatoms. The molecule has 0 atom stereocenters. The highest BCUT2D eigenvalue weighted by molar-refractivity contribution is 7.80. The summed E-state index contributed by atoms with van der Waals surface area (Å²) in [6.45, 7) is 0.646. The van der Waals surface area contributed by atoms with Crippen LogP contribution in [0.3, 0.4) is 0 Å². The molecule has 0 fully saturated rings. The molecule has 1 rings (SSSR count). The Morgan fingerprint density at radius 2 is 2.11 bits per heavy atom. The number of nitrogens with two attached hydrogens (primary N) is 1. The van der Waals surface area contributed by atoms with E-state index in [0.29, 0.717) is 17.1 Å². The quantitative estimate of drug-likeness (QED) is 0.591. The van der Waals surface area contributed by atoms with Crippen molar-refractivity contribution in [3.63, 3.8) is 0 Å². The van der Waals surface area contributed by atoms with Gasteiger partial charge in [0.15, 0.2) is 0 Å². The number of hydrogen-bond donors (Lipinski definition) is 2. The molecule has 0 radical (unpaired) electrons. The Bertz CT molecular complexity index is 446. The zero-order valence-electron chi connectivity index (χ0n) is 11.5. The first-order valence-corrected chi connectivity index (χ1v) is 6.75. The van der Waals surface area contributed by atoms with Crippen molar-refractivity contribution in [1.82, 2.24) is 5.32 Å². The van der Waals surface area contributed by atoms with E-state index in [1.807, 2.05) is 43.3 Å². The van der Waals surface area contributed by atoms with Crippen LogP contribution in [-0.4, -0.2) is 31.5 Å². The maximum absolute atomic E-state index is 11.9. The first-order chi connectivity index (χ1) is 9.00. The molecule has 0 aliphatic heterocycles. The Kier molecular flexibility index (Phi) is 6.29. The number of carbonyl (C=O) groups is 1. The molecule has 0 saturated carbocycles. The van der Waals surface area contributed by atoms with Gasteiger partial charge in [-0.1, -0.05) is 18.3 Å². The molecule has 1 aromatic rings. The molecule has 4 nitrogen and oxygen atoms in total. The molecule has 3 N–H and O–H groups in total. The van der Waals surface area contributed by atoms with Crippen LogP contribution in [0.2, 0.25) is 0 Å². The minimum Gasteiger partial charge on any atom is -0.393 e. The van der Waals surface area contributed by atoms with Crippen LogP contribution in [0, 0.1) is 0 Å². The summed E-state index contributed by atoms with van der Waals surface area (Å²) in [6, 6.07) is 7.55. The van der Waals surface area contributed by atoms with Crippen molar-refractivity contribution in [2.24, 2.45) is 5.73 Å². The molecular weight excluding hydrogens is 258 g/mol. The van der Waals surface area contributed by atoms with Crippen LogP contribution in [0.1, 0.15) is 29.6 Å². The minimum absolute atomic E-state index is 0.0426. The Labute approximate surface area is 120 Å². The van der Waals surface area contributed by atoms with Crippen LogP contribution in [0.25, 0.3) is 0 Å². The molecule has 0 unspecified atom stereocenters. The van der Waals surface area contributed by atoms with E-state index in [2.05, 4.69) is 5.32 Å². The van der Waals surface area contributed by atoms with Gasteiger partial charge in [0.2, 0.25) is 0 Å². The number of carbonyl (C=O) groups excluding carboxylic acids is 1. The van der Waals surface area contributed by atoms with E-state index in [1.165, 1.54) is 0 Å². The van der Waals surface area contributed by atoms with Gasteiger partial charge in [0.25, 0.3) is 5.91 Å². The standard InChI is InChI=1S/C14H21N3OS/c1-17(2)12-7-5-6-11(10-12)14(18)16-9-4-3-8-13(15)19/h5-7,10H,3-4,8-9H2,1-2H3,(H2,15,19)(H,16,18). The van der Waals surface area contributed by atoms with E-state index >= 15 is 0 Å². The highest BCUT2D eigenvalue weighted by Crippen LogP contribution is 2.13. The van der Waals surface area contributed by atoms with Gasteiger partial charge in [-0.15, -0.1) is 0 Å². The third-order valence-corrected chi connectivity index (χ3v) is 2.96. The lowest BCUT2D eigenvalue weighted by atomic mass is 10.1. The number of unbranched alkanes of at least 4 members (excludes halogenated alkanes) is 1. The Morgan fingerprint density at radius 1 is 1.37 bits per heavy atom. The van der Waals surface area contributed by atoms with E-state index in [0.717, 1.165) is 24.9 Å². The molecule has 104 valence electrons. The van der Waals surface area contributed by atoms with Crippen molar-refractivity contribution in [2.45, 2.75) is 19.3 Å². The Balaban J connectivity index is 2.41.